The van der Waals surface area contributed by atoms with Crippen LogP contribution >= 0.6 is 0 Å². The van der Waals surface area contributed by atoms with Crippen molar-refractivity contribution in [2.24, 2.45) is 0 Å². The number of hydrogen-bond acceptors (Lipinski definition) is 9. The Balaban J connectivity index is 1.30. The first-order valence-electron chi connectivity index (χ1n) is 12.1. The highest BCUT2D eigenvalue weighted by Gasteiger charge is 2.19. The summed E-state index contributed by atoms with van der Waals surface area (Å²) in [6.45, 7) is 10.8. The molecule has 10 heteroatoms. The van der Waals surface area contributed by atoms with Gasteiger partial charge in [-0.1, -0.05) is 13.0 Å². The highest BCUT2D eigenvalue weighted by Crippen LogP contribution is 2.30. The van der Waals surface area contributed by atoms with Crippen molar-refractivity contribution >= 4 is 11.9 Å². The van der Waals surface area contributed by atoms with Crippen molar-refractivity contribution in [2.45, 2.75) is 26.8 Å². The molecule has 0 saturated carbocycles. The van der Waals surface area contributed by atoms with Gasteiger partial charge in [-0.05, 0) is 31.2 Å². The van der Waals surface area contributed by atoms with Crippen LogP contribution in [0.2, 0.25) is 0 Å². The van der Waals surface area contributed by atoms with Crippen LogP contribution in [0.5, 0.6) is 11.5 Å². The van der Waals surface area contributed by atoms with E-state index in [1.165, 1.54) is 6.07 Å². The minimum Gasteiger partial charge on any atom is -0.490 e. The van der Waals surface area contributed by atoms with Crippen LogP contribution < -0.4 is 25.2 Å². The largest absolute Gasteiger partial charge is 0.490 e. The van der Waals surface area contributed by atoms with Crippen LogP contribution in [0.4, 0.5) is 11.9 Å². The molecule has 2 aliphatic rings. The van der Waals surface area contributed by atoms with Gasteiger partial charge in [0.1, 0.15) is 0 Å². The number of rotatable bonds is 6. The van der Waals surface area contributed by atoms with Gasteiger partial charge in [0.2, 0.25) is 11.9 Å². The Bertz CT molecular complexity index is 1240. The molecule has 1 aromatic carbocycles. The number of likely N-dealkylation sites (N-methyl/N-ethyl adjacent to an activating group) is 1. The SMILES string of the molecule is CCN1CCN(c2ncc(-c3cc(=O)[nH]c(NCc4ccc5c(c4)OCCCO5)n3)c(C)n2)CC1. The Hall–Kier alpha value is -3.66. The summed E-state index contributed by atoms with van der Waals surface area (Å²) in [5, 5.41) is 3.21. The summed E-state index contributed by atoms with van der Waals surface area (Å²) >= 11 is 0. The molecule has 0 aliphatic carbocycles. The predicted molar refractivity (Wildman–Crippen MR) is 134 cm³/mol. The molecule has 5 rings (SSSR count). The molecule has 0 atom stereocenters. The van der Waals surface area contributed by atoms with Gasteiger partial charge in [-0.3, -0.25) is 9.78 Å². The van der Waals surface area contributed by atoms with Gasteiger partial charge in [-0.25, -0.2) is 15.0 Å². The number of aryl methyl sites for hydroxylation is 1. The maximum Gasteiger partial charge on any atom is 0.252 e. The summed E-state index contributed by atoms with van der Waals surface area (Å²) in [6, 6.07) is 7.31. The van der Waals surface area contributed by atoms with Gasteiger partial charge in [0.15, 0.2) is 11.5 Å². The second-order valence-electron chi connectivity index (χ2n) is 8.75. The third-order valence-corrected chi connectivity index (χ3v) is 6.36. The highest BCUT2D eigenvalue weighted by atomic mass is 16.5. The van der Waals surface area contributed by atoms with Crippen LogP contribution in [-0.4, -0.2) is 70.8 Å². The van der Waals surface area contributed by atoms with E-state index in [2.05, 4.69) is 37.0 Å². The number of ether oxygens (including phenoxy) is 2. The van der Waals surface area contributed by atoms with Gasteiger partial charge in [0.05, 0.1) is 24.6 Å². The molecule has 184 valence electrons. The third-order valence-electron chi connectivity index (χ3n) is 6.36. The molecule has 4 heterocycles. The summed E-state index contributed by atoms with van der Waals surface area (Å²) in [6.07, 6.45) is 2.62. The van der Waals surface area contributed by atoms with Gasteiger partial charge < -0.3 is 24.6 Å². The van der Waals surface area contributed by atoms with E-state index >= 15 is 0 Å². The Kier molecular flexibility index (Phi) is 6.80. The Labute approximate surface area is 204 Å². The Morgan fingerprint density at radius 1 is 1.06 bits per heavy atom. The first-order valence-corrected chi connectivity index (χ1v) is 12.1. The lowest BCUT2D eigenvalue weighted by atomic mass is 10.1. The summed E-state index contributed by atoms with van der Waals surface area (Å²) in [5.41, 5.74) is 2.82. The van der Waals surface area contributed by atoms with Crippen molar-refractivity contribution in [3.05, 3.63) is 52.1 Å². The number of fused-ring (bicyclic) bond motifs is 1. The van der Waals surface area contributed by atoms with Crippen LogP contribution in [0.1, 0.15) is 24.6 Å². The van der Waals surface area contributed by atoms with Crippen LogP contribution in [-0.2, 0) is 6.54 Å². The smallest absolute Gasteiger partial charge is 0.252 e. The average Bonchev–Trinajstić information content (AvgIpc) is 3.12. The number of H-pyrrole nitrogens is 1. The zero-order valence-electron chi connectivity index (χ0n) is 20.2. The molecule has 3 aromatic rings. The quantitative estimate of drug-likeness (QED) is 0.553. The van der Waals surface area contributed by atoms with Crippen molar-refractivity contribution in [3.63, 3.8) is 0 Å². The maximum atomic E-state index is 12.4. The third kappa shape index (κ3) is 5.37. The van der Waals surface area contributed by atoms with Crippen molar-refractivity contribution in [3.8, 4) is 22.8 Å². The molecular formula is C25H31N7O3. The number of piperazine rings is 1. The molecule has 0 unspecified atom stereocenters. The molecule has 2 N–H and O–H groups in total. The van der Waals surface area contributed by atoms with Crippen molar-refractivity contribution in [1.82, 2.24) is 24.8 Å². The summed E-state index contributed by atoms with van der Waals surface area (Å²) < 4.78 is 11.5. The lowest BCUT2D eigenvalue weighted by Gasteiger charge is -2.34. The van der Waals surface area contributed by atoms with Crippen molar-refractivity contribution < 1.29 is 9.47 Å². The molecule has 10 nitrogen and oxygen atoms in total. The number of aromatic nitrogens is 4. The molecule has 1 saturated heterocycles. The number of hydrogen-bond donors (Lipinski definition) is 2. The van der Waals surface area contributed by atoms with Crippen LogP contribution in [0, 0.1) is 6.92 Å². The van der Waals surface area contributed by atoms with Crippen molar-refractivity contribution in [2.75, 3.05) is 56.2 Å². The van der Waals surface area contributed by atoms with Gasteiger partial charge >= 0.3 is 0 Å². The number of nitrogens with one attached hydrogen (secondary N) is 2. The van der Waals surface area contributed by atoms with Crippen LogP contribution in [0.3, 0.4) is 0 Å². The standard InChI is InChI=1S/C25H31N7O3/c1-3-31-7-9-32(10-8-31)25-27-16-19(17(2)28-25)20-14-23(33)30-24(29-20)26-15-18-5-6-21-22(13-18)35-12-4-11-34-21/h5-6,13-14,16H,3-4,7-12,15H2,1-2H3,(H2,26,29,30,33). The lowest BCUT2D eigenvalue weighted by molar-refractivity contribution is 0.270. The summed E-state index contributed by atoms with van der Waals surface area (Å²) in [4.78, 5) is 33.7. The van der Waals surface area contributed by atoms with E-state index in [-0.39, 0.29) is 5.56 Å². The average molecular weight is 478 g/mol. The molecule has 0 spiro atoms. The zero-order valence-corrected chi connectivity index (χ0v) is 20.2. The molecular weight excluding hydrogens is 446 g/mol. The van der Waals surface area contributed by atoms with E-state index in [1.54, 1.807) is 6.20 Å². The molecule has 0 bridgehead atoms. The highest BCUT2D eigenvalue weighted by molar-refractivity contribution is 5.62. The molecule has 1 fully saturated rings. The summed E-state index contributed by atoms with van der Waals surface area (Å²) in [7, 11) is 0. The number of benzene rings is 1. The van der Waals surface area contributed by atoms with E-state index in [4.69, 9.17) is 14.5 Å². The van der Waals surface area contributed by atoms with Crippen molar-refractivity contribution in [1.29, 1.82) is 0 Å². The van der Waals surface area contributed by atoms with E-state index in [0.717, 1.165) is 73.4 Å². The topological polar surface area (TPSA) is 108 Å². The number of aromatic amines is 1. The second-order valence-corrected chi connectivity index (χ2v) is 8.75. The molecule has 2 aromatic heterocycles. The van der Waals surface area contributed by atoms with E-state index in [1.807, 2.05) is 25.1 Å². The fourth-order valence-corrected chi connectivity index (χ4v) is 4.31. The van der Waals surface area contributed by atoms with Gasteiger partial charge in [0, 0.05) is 57.0 Å². The molecule has 2 aliphatic heterocycles. The first kappa shape index (κ1) is 23.1. The molecule has 0 radical (unpaired) electrons. The lowest BCUT2D eigenvalue weighted by Crippen LogP contribution is -2.46. The minimum atomic E-state index is -0.240. The fraction of sp³-hybridized carbons (Fsp3) is 0.440. The predicted octanol–water partition coefficient (Wildman–Crippen LogP) is 2.45. The minimum absolute atomic E-state index is 0.240. The van der Waals surface area contributed by atoms with Crippen LogP contribution in [0.25, 0.3) is 11.3 Å². The van der Waals surface area contributed by atoms with Gasteiger partial charge in [0.25, 0.3) is 5.56 Å². The second kappa shape index (κ2) is 10.3. The monoisotopic (exact) mass is 477 g/mol. The van der Waals surface area contributed by atoms with E-state index in [9.17, 15) is 4.79 Å². The molecule has 35 heavy (non-hydrogen) atoms. The van der Waals surface area contributed by atoms with E-state index < -0.39 is 0 Å². The van der Waals surface area contributed by atoms with E-state index in [0.29, 0.717) is 31.4 Å². The van der Waals surface area contributed by atoms with Crippen LogP contribution in [0.15, 0.2) is 35.3 Å². The molecule has 0 amide bonds. The van der Waals surface area contributed by atoms with Gasteiger partial charge in [-0.15, -0.1) is 0 Å². The summed E-state index contributed by atoms with van der Waals surface area (Å²) in [5.74, 6) is 2.60. The zero-order chi connectivity index (χ0) is 24.2. The Morgan fingerprint density at radius 3 is 2.63 bits per heavy atom. The number of anilines is 2. The number of nitrogens with zero attached hydrogens (tertiary/aromatic N) is 5. The first-order chi connectivity index (χ1) is 17.1. The Morgan fingerprint density at radius 2 is 1.86 bits per heavy atom. The maximum absolute atomic E-state index is 12.4. The normalized spacial score (nSPS) is 16.1. The fourth-order valence-electron chi connectivity index (χ4n) is 4.31. The van der Waals surface area contributed by atoms with Gasteiger partial charge in [-0.2, -0.15) is 0 Å².